The van der Waals surface area contributed by atoms with Crippen molar-refractivity contribution >= 4 is 23.9 Å². The summed E-state index contributed by atoms with van der Waals surface area (Å²) in [6.45, 7) is 0.835. The van der Waals surface area contributed by atoms with E-state index in [2.05, 4.69) is 0 Å². The molecular formula is C20H30O9. The smallest absolute Gasteiger partial charge is 0.331 e. The molecule has 0 aromatic heterocycles. The minimum absolute atomic E-state index is 0.161. The van der Waals surface area contributed by atoms with Gasteiger partial charge in [0.1, 0.15) is 0 Å². The molecule has 0 atom stereocenters. The third-order valence-electron chi connectivity index (χ3n) is 3.54. The SMILES string of the molecule is O=C(O)C=CC(=O)OCCCCCCOC(=O)C=CC(=O)OCCCCCCO. The summed E-state index contributed by atoms with van der Waals surface area (Å²) in [5.41, 5.74) is 0. The van der Waals surface area contributed by atoms with Gasteiger partial charge in [0, 0.05) is 30.9 Å². The Morgan fingerprint density at radius 1 is 0.552 bits per heavy atom. The van der Waals surface area contributed by atoms with Crippen LogP contribution in [0.2, 0.25) is 0 Å². The molecule has 0 aliphatic rings. The summed E-state index contributed by atoms with van der Waals surface area (Å²) >= 11 is 0. The van der Waals surface area contributed by atoms with Gasteiger partial charge in [-0.05, 0) is 44.9 Å². The standard InChI is InChI=1S/C20H30O9/c21-13-5-1-2-6-14-28-19(25)11-12-20(26)29-16-8-4-3-7-15-27-18(24)10-9-17(22)23/h9-12,21H,1-8,13-16H2,(H,22,23). The molecule has 0 spiro atoms. The summed E-state index contributed by atoms with van der Waals surface area (Å²) in [5.74, 6) is -3.14. The first kappa shape index (κ1) is 26.3. The molecule has 0 saturated carbocycles. The number of carbonyl (C=O) groups excluding carboxylic acids is 3. The highest BCUT2D eigenvalue weighted by Gasteiger charge is 2.02. The monoisotopic (exact) mass is 414 g/mol. The Labute approximate surface area is 170 Å². The second kappa shape index (κ2) is 18.7. The number of aliphatic hydroxyl groups is 1. The average Bonchev–Trinajstić information content (AvgIpc) is 2.69. The molecule has 0 saturated heterocycles. The second-order valence-corrected chi connectivity index (χ2v) is 6.06. The number of ether oxygens (including phenoxy) is 3. The largest absolute Gasteiger partial charge is 0.478 e. The lowest BCUT2D eigenvalue weighted by molar-refractivity contribution is -0.140. The fraction of sp³-hybridized carbons (Fsp3) is 0.600. The van der Waals surface area contributed by atoms with Crippen LogP contribution in [0.3, 0.4) is 0 Å². The summed E-state index contributed by atoms with van der Waals surface area (Å²) in [7, 11) is 0. The van der Waals surface area contributed by atoms with Gasteiger partial charge in [-0.2, -0.15) is 0 Å². The van der Waals surface area contributed by atoms with Crippen molar-refractivity contribution in [2.45, 2.75) is 51.4 Å². The Morgan fingerprint density at radius 3 is 1.24 bits per heavy atom. The molecule has 0 aliphatic carbocycles. The van der Waals surface area contributed by atoms with Crippen molar-refractivity contribution in [1.82, 2.24) is 0 Å². The predicted molar refractivity (Wildman–Crippen MR) is 103 cm³/mol. The molecule has 9 heteroatoms. The number of carboxylic acid groups (broad SMARTS) is 1. The fourth-order valence-electron chi connectivity index (χ4n) is 2.06. The number of unbranched alkanes of at least 4 members (excludes halogenated alkanes) is 6. The van der Waals surface area contributed by atoms with Crippen LogP contribution < -0.4 is 0 Å². The zero-order valence-corrected chi connectivity index (χ0v) is 16.5. The van der Waals surface area contributed by atoms with E-state index < -0.39 is 23.9 Å². The molecule has 2 N–H and O–H groups in total. The molecule has 0 aliphatic heterocycles. The van der Waals surface area contributed by atoms with Crippen molar-refractivity contribution in [2.75, 3.05) is 26.4 Å². The maximum absolute atomic E-state index is 11.5. The van der Waals surface area contributed by atoms with Gasteiger partial charge >= 0.3 is 23.9 Å². The fourth-order valence-corrected chi connectivity index (χ4v) is 2.06. The first-order valence-corrected chi connectivity index (χ1v) is 9.66. The number of carboxylic acids is 1. The number of aliphatic hydroxyl groups excluding tert-OH is 1. The molecule has 0 unspecified atom stereocenters. The van der Waals surface area contributed by atoms with E-state index in [9.17, 15) is 19.2 Å². The molecule has 29 heavy (non-hydrogen) atoms. The van der Waals surface area contributed by atoms with Crippen LogP contribution in [0.15, 0.2) is 24.3 Å². The van der Waals surface area contributed by atoms with Gasteiger partial charge in [0.15, 0.2) is 0 Å². The molecular weight excluding hydrogens is 384 g/mol. The zero-order chi connectivity index (χ0) is 21.7. The van der Waals surface area contributed by atoms with E-state index in [1.165, 1.54) is 0 Å². The highest BCUT2D eigenvalue weighted by molar-refractivity contribution is 5.91. The Hall–Kier alpha value is -2.68. The molecule has 0 bridgehead atoms. The molecule has 0 fully saturated rings. The van der Waals surface area contributed by atoms with E-state index in [1.807, 2.05) is 0 Å². The first-order chi connectivity index (χ1) is 14.0. The lowest BCUT2D eigenvalue weighted by Gasteiger charge is -2.04. The predicted octanol–water partition coefficient (Wildman–Crippen LogP) is 1.93. The van der Waals surface area contributed by atoms with Gasteiger partial charge in [-0.25, -0.2) is 19.2 Å². The molecule has 0 radical (unpaired) electrons. The topological polar surface area (TPSA) is 136 Å². The summed E-state index contributed by atoms with van der Waals surface area (Å²) in [6, 6.07) is 0. The number of hydrogen-bond acceptors (Lipinski definition) is 8. The molecule has 0 heterocycles. The van der Waals surface area contributed by atoms with E-state index in [4.69, 9.17) is 24.4 Å². The van der Waals surface area contributed by atoms with Crippen molar-refractivity contribution in [1.29, 1.82) is 0 Å². The number of hydrogen-bond donors (Lipinski definition) is 2. The number of aliphatic carboxylic acids is 1. The third kappa shape index (κ3) is 19.9. The molecule has 9 nitrogen and oxygen atoms in total. The maximum Gasteiger partial charge on any atom is 0.331 e. The molecule has 0 rings (SSSR count). The average molecular weight is 414 g/mol. The minimum atomic E-state index is -1.21. The van der Waals surface area contributed by atoms with Crippen LogP contribution in [0.25, 0.3) is 0 Å². The maximum atomic E-state index is 11.5. The summed E-state index contributed by atoms with van der Waals surface area (Å²) < 4.78 is 14.7. The van der Waals surface area contributed by atoms with E-state index in [0.29, 0.717) is 25.3 Å². The van der Waals surface area contributed by atoms with Crippen LogP contribution in [0, 0.1) is 0 Å². The second-order valence-electron chi connectivity index (χ2n) is 6.06. The highest BCUT2D eigenvalue weighted by Crippen LogP contribution is 2.02. The van der Waals surface area contributed by atoms with Crippen LogP contribution in [0.4, 0.5) is 0 Å². The van der Waals surface area contributed by atoms with Gasteiger partial charge in [-0.15, -0.1) is 0 Å². The van der Waals surface area contributed by atoms with Gasteiger partial charge < -0.3 is 24.4 Å². The Kier molecular flexibility index (Phi) is 16.9. The van der Waals surface area contributed by atoms with E-state index in [-0.39, 0.29) is 26.4 Å². The molecule has 0 amide bonds. The Morgan fingerprint density at radius 2 is 0.897 bits per heavy atom. The lowest BCUT2D eigenvalue weighted by atomic mass is 10.2. The van der Waals surface area contributed by atoms with E-state index in [1.54, 1.807) is 0 Å². The zero-order valence-electron chi connectivity index (χ0n) is 16.5. The van der Waals surface area contributed by atoms with Crippen molar-refractivity contribution in [3.63, 3.8) is 0 Å². The van der Waals surface area contributed by atoms with Crippen LogP contribution in [-0.2, 0) is 33.4 Å². The third-order valence-corrected chi connectivity index (χ3v) is 3.54. The molecule has 0 aromatic carbocycles. The van der Waals surface area contributed by atoms with E-state index in [0.717, 1.165) is 50.3 Å². The van der Waals surface area contributed by atoms with Crippen LogP contribution in [-0.4, -0.2) is 60.5 Å². The normalized spacial score (nSPS) is 10.9. The van der Waals surface area contributed by atoms with Crippen molar-refractivity contribution < 1.29 is 43.6 Å². The molecule has 0 aromatic rings. The Bertz CT molecular complexity index is 552. The van der Waals surface area contributed by atoms with Crippen LogP contribution >= 0.6 is 0 Å². The summed E-state index contributed by atoms with van der Waals surface area (Å²) in [4.78, 5) is 44.2. The van der Waals surface area contributed by atoms with Crippen molar-refractivity contribution in [3.8, 4) is 0 Å². The molecule has 164 valence electrons. The number of esters is 3. The first-order valence-electron chi connectivity index (χ1n) is 9.66. The minimum Gasteiger partial charge on any atom is -0.478 e. The van der Waals surface area contributed by atoms with Gasteiger partial charge in [-0.3, -0.25) is 0 Å². The van der Waals surface area contributed by atoms with Gasteiger partial charge in [0.25, 0.3) is 0 Å². The van der Waals surface area contributed by atoms with E-state index >= 15 is 0 Å². The van der Waals surface area contributed by atoms with Gasteiger partial charge in [0.05, 0.1) is 19.8 Å². The van der Waals surface area contributed by atoms with Crippen LogP contribution in [0.5, 0.6) is 0 Å². The number of rotatable bonds is 17. The summed E-state index contributed by atoms with van der Waals surface area (Å²) in [6.07, 6.45) is 9.58. The van der Waals surface area contributed by atoms with Crippen LogP contribution in [0.1, 0.15) is 51.4 Å². The Balaban J connectivity index is 3.57. The van der Waals surface area contributed by atoms with Gasteiger partial charge in [0.2, 0.25) is 0 Å². The van der Waals surface area contributed by atoms with Gasteiger partial charge in [-0.1, -0.05) is 6.42 Å². The summed E-state index contributed by atoms with van der Waals surface area (Å²) in [5, 5.41) is 17.0. The number of carbonyl (C=O) groups is 4. The lowest BCUT2D eigenvalue weighted by Crippen LogP contribution is -2.06. The van der Waals surface area contributed by atoms with Crippen molar-refractivity contribution in [3.05, 3.63) is 24.3 Å². The van der Waals surface area contributed by atoms with Crippen molar-refractivity contribution in [2.24, 2.45) is 0 Å². The quantitative estimate of drug-likeness (QED) is 0.158. The highest BCUT2D eigenvalue weighted by atomic mass is 16.5.